The first kappa shape index (κ1) is 11.7. The summed E-state index contributed by atoms with van der Waals surface area (Å²) in [6.45, 7) is 1.73. The van der Waals surface area contributed by atoms with Gasteiger partial charge in [0.25, 0.3) is 0 Å². The van der Waals surface area contributed by atoms with Gasteiger partial charge in [-0.25, -0.2) is 0 Å². The van der Waals surface area contributed by atoms with E-state index in [1.807, 2.05) is 0 Å². The molecule has 1 heterocycles. The third-order valence-corrected chi connectivity index (χ3v) is 2.91. The molecule has 84 valence electrons. The van der Waals surface area contributed by atoms with Crippen LogP contribution in [-0.2, 0) is 9.59 Å². The molecular formula is C11H9Cl2NO2. The van der Waals surface area contributed by atoms with Crippen LogP contribution in [0.15, 0.2) is 22.9 Å². The Labute approximate surface area is 104 Å². The number of halogens is 2. The first-order valence-corrected chi connectivity index (χ1v) is 5.57. The molecular weight excluding hydrogens is 249 g/mol. The van der Waals surface area contributed by atoms with Crippen molar-refractivity contribution < 1.29 is 9.59 Å². The first-order chi connectivity index (χ1) is 7.49. The van der Waals surface area contributed by atoms with E-state index in [9.17, 15) is 9.59 Å². The van der Waals surface area contributed by atoms with Crippen LogP contribution in [0, 0.1) is 17.7 Å². The van der Waals surface area contributed by atoms with Crippen molar-refractivity contribution in [2.24, 2.45) is 5.92 Å². The highest BCUT2D eigenvalue weighted by atomic mass is 35.5. The quantitative estimate of drug-likeness (QED) is 0.677. The molecule has 1 saturated heterocycles. The van der Waals surface area contributed by atoms with E-state index in [0.29, 0.717) is 16.1 Å². The van der Waals surface area contributed by atoms with Crippen LogP contribution < -0.4 is 0 Å². The fourth-order valence-electron chi connectivity index (χ4n) is 1.72. The number of hydrogen-bond acceptors (Lipinski definition) is 2. The van der Waals surface area contributed by atoms with Crippen LogP contribution in [0.5, 0.6) is 0 Å². The molecule has 2 radical (unpaired) electrons. The van der Waals surface area contributed by atoms with E-state index in [2.05, 4.69) is 0 Å². The van der Waals surface area contributed by atoms with Gasteiger partial charge in [0.05, 0.1) is 5.38 Å². The van der Waals surface area contributed by atoms with E-state index < -0.39 is 0 Å². The van der Waals surface area contributed by atoms with E-state index in [4.69, 9.17) is 23.2 Å². The maximum atomic E-state index is 11.8. The molecule has 0 spiro atoms. The lowest BCUT2D eigenvalue weighted by atomic mass is 10.1. The van der Waals surface area contributed by atoms with Crippen LogP contribution in [0.3, 0.4) is 0 Å². The van der Waals surface area contributed by atoms with Gasteiger partial charge in [0.1, 0.15) is 0 Å². The number of carbonyl (C=O) groups is 2. The second-order valence-electron chi connectivity index (χ2n) is 3.80. The van der Waals surface area contributed by atoms with Gasteiger partial charge in [-0.2, -0.15) is 0 Å². The van der Waals surface area contributed by atoms with Gasteiger partial charge in [0.15, 0.2) is 0 Å². The van der Waals surface area contributed by atoms with E-state index in [-0.39, 0.29) is 24.2 Å². The lowest BCUT2D eigenvalue weighted by Crippen LogP contribution is -2.31. The number of likely N-dealkylation sites (tertiary alicyclic amines) is 1. The molecule has 0 bridgehead atoms. The van der Waals surface area contributed by atoms with Crippen molar-refractivity contribution in [3.8, 4) is 0 Å². The van der Waals surface area contributed by atoms with Crippen LogP contribution in [0.4, 0.5) is 0 Å². The fourth-order valence-corrected chi connectivity index (χ4v) is 2.24. The molecule has 2 aliphatic rings. The summed E-state index contributed by atoms with van der Waals surface area (Å²) < 4.78 is 0. The third kappa shape index (κ3) is 2.02. The van der Waals surface area contributed by atoms with Gasteiger partial charge in [0.2, 0.25) is 11.8 Å². The van der Waals surface area contributed by atoms with Crippen LogP contribution in [0.2, 0.25) is 0 Å². The van der Waals surface area contributed by atoms with Gasteiger partial charge in [0, 0.05) is 29.5 Å². The minimum Gasteiger partial charge on any atom is -0.274 e. The molecule has 1 aliphatic carbocycles. The van der Waals surface area contributed by atoms with E-state index >= 15 is 0 Å². The molecule has 1 unspecified atom stereocenters. The Morgan fingerprint density at radius 1 is 1.31 bits per heavy atom. The Bertz CT molecular complexity index is 414. The number of imide groups is 1. The molecule has 0 aromatic rings. The molecule has 2 rings (SSSR count). The molecule has 0 aromatic carbocycles. The van der Waals surface area contributed by atoms with Gasteiger partial charge in [-0.15, -0.1) is 11.6 Å². The third-order valence-electron chi connectivity index (χ3n) is 2.48. The molecule has 5 heteroatoms. The summed E-state index contributed by atoms with van der Waals surface area (Å²) in [7, 11) is 0. The van der Waals surface area contributed by atoms with E-state index in [0.717, 1.165) is 4.90 Å². The molecule has 2 amide bonds. The summed E-state index contributed by atoms with van der Waals surface area (Å²) in [5, 5.41) is 0.810. The molecule has 1 atom stereocenters. The average molecular weight is 258 g/mol. The number of nitrogens with zero attached hydrogens (tertiary/aromatic N) is 1. The summed E-state index contributed by atoms with van der Waals surface area (Å²) in [5.74, 6) is -0.690. The Morgan fingerprint density at radius 2 is 2.00 bits per heavy atom. The highest BCUT2D eigenvalue weighted by molar-refractivity contribution is 6.35. The molecule has 1 aliphatic heterocycles. The van der Waals surface area contributed by atoms with Crippen molar-refractivity contribution in [2.45, 2.75) is 13.3 Å². The predicted molar refractivity (Wildman–Crippen MR) is 61.0 cm³/mol. The Hall–Kier alpha value is -0.800. The van der Waals surface area contributed by atoms with Crippen LogP contribution in [0.1, 0.15) is 13.3 Å². The SMILES string of the molecule is CC1CC(=O)N(C2=CC(Cl)=C[C](Cl)[CH]2)C1=O. The highest BCUT2D eigenvalue weighted by Gasteiger charge is 2.38. The summed E-state index contributed by atoms with van der Waals surface area (Å²) in [6, 6.07) is 0. The second kappa shape index (κ2) is 4.22. The Balaban J connectivity index is 2.29. The zero-order valence-electron chi connectivity index (χ0n) is 8.54. The molecule has 16 heavy (non-hydrogen) atoms. The van der Waals surface area contributed by atoms with Gasteiger partial charge >= 0.3 is 0 Å². The maximum absolute atomic E-state index is 11.8. The second-order valence-corrected chi connectivity index (χ2v) is 4.67. The Morgan fingerprint density at radius 3 is 2.50 bits per heavy atom. The normalized spacial score (nSPS) is 27.2. The lowest BCUT2D eigenvalue weighted by molar-refractivity contribution is -0.136. The standard InChI is InChI=1S/C11H9Cl2NO2/c1-6-2-10(15)14(11(6)16)9-4-7(12)3-8(13)5-9/h3-6H,2H2,1H3. The summed E-state index contributed by atoms with van der Waals surface area (Å²) in [5.41, 5.74) is 0.442. The van der Waals surface area contributed by atoms with Crippen molar-refractivity contribution in [2.75, 3.05) is 0 Å². The van der Waals surface area contributed by atoms with Crippen LogP contribution in [-0.4, -0.2) is 16.7 Å². The van der Waals surface area contributed by atoms with Gasteiger partial charge in [-0.1, -0.05) is 18.5 Å². The molecule has 3 nitrogen and oxygen atoms in total. The minimum absolute atomic E-state index is 0.205. The van der Waals surface area contributed by atoms with Crippen LogP contribution in [0.25, 0.3) is 0 Å². The summed E-state index contributed by atoms with van der Waals surface area (Å²) in [6.07, 6.45) is 4.91. The first-order valence-electron chi connectivity index (χ1n) is 4.82. The fraction of sp³-hybridized carbons (Fsp3) is 0.273. The van der Waals surface area contributed by atoms with Gasteiger partial charge < -0.3 is 0 Å². The number of carbonyl (C=O) groups excluding carboxylic acids is 2. The van der Waals surface area contributed by atoms with Gasteiger partial charge in [-0.3, -0.25) is 14.5 Å². The number of amides is 2. The topological polar surface area (TPSA) is 37.4 Å². The zero-order chi connectivity index (χ0) is 11.9. The number of allylic oxidation sites excluding steroid dienone is 4. The van der Waals surface area contributed by atoms with Crippen molar-refractivity contribution in [1.29, 1.82) is 0 Å². The molecule has 1 fully saturated rings. The van der Waals surface area contributed by atoms with Gasteiger partial charge in [-0.05, 0) is 12.2 Å². The molecule has 0 saturated carbocycles. The van der Waals surface area contributed by atoms with E-state index in [1.54, 1.807) is 25.5 Å². The number of hydrogen-bond donors (Lipinski definition) is 0. The summed E-state index contributed by atoms with van der Waals surface area (Å²) in [4.78, 5) is 24.5. The minimum atomic E-state index is -0.273. The number of rotatable bonds is 1. The van der Waals surface area contributed by atoms with Crippen molar-refractivity contribution in [3.63, 3.8) is 0 Å². The lowest BCUT2D eigenvalue weighted by Gasteiger charge is -2.21. The largest absolute Gasteiger partial charge is 0.274 e. The smallest absolute Gasteiger partial charge is 0.236 e. The summed E-state index contributed by atoms with van der Waals surface area (Å²) >= 11 is 11.7. The molecule has 0 aromatic heterocycles. The maximum Gasteiger partial charge on any atom is 0.236 e. The highest BCUT2D eigenvalue weighted by Crippen LogP contribution is 2.33. The molecule has 0 N–H and O–H groups in total. The zero-order valence-corrected chi connectivity index (χ0v) is 10.0. The predicted octanol–water partition coefficient (Wildman–Crippen LogP) is 2.38. The van der Waals surface area contributed by atoms with E-state index in [1.165, 1.54) is 0 Å². The van der Waals surface area contributed by atoms with Crippen molar-refractivity contribution in [3.05, 3.63) is 34.7 Å². The Kier molecular flexibility index (Phi) is 3.08. The average Bonchev–Trinajstić information content (AvgIpc) is 2.39. The monoisotopic (exact) mass is 257 g/mol. The van der Waals surface area contributed by atoms with Crippen molar-refractivity contribution in [1.82, 2.24) is 4.90 Å². The van der Waals surface area contributed by atoms with Crippen molar-refractivity contribution >= 4 is 35.0 Å². The van der Waals surface area contributed by atoms with Crippen LogP contribution >= 0.6 is 23.2 Å².